The molecule has 2 N–H and O–H groups in total. The third-order valence-electron chi connectivity index (χ3n) is 7.60. The minimum atomic E-state index is -4.77. The smallest absolute Gasteiger partial charge is 0.388 e. The molecule has 2 atom stereocenters. The molecule has 1 aliphatic rings. The van der Waals surface area contributed by atoms with Crippen LogP contribution in [0.3, 0.4) is 0 Å². The van der Waals surface area contributed by atoms with Gasteiger partial charge in [0.1, 0.15) is 5.82 Å². The average Bonchev–Trinajstić information content (AvgIpc) is 3.38. The van der Waals surface area contributed by atoms with Crippen molar-refractivity contribution in [1.29, 1.82) is 0 Å². The molecule has 15 heteroatoms. The number of halogens is 9. The number of aliphatic hydroxyl groups is 1. The molecular formula is C29H26F9N5O. The van der Waals surface area contributed by atoms with Gasteiger partial charge in [-0.1, -0.05) is 19.1 Å². The summed E-state index contributed by atoms with van der Waals surface area (Å²) >= 11 is 0. The van der Waals surface area contributed by atoms with Crippen LogP contribution in [0.15, 0.2) is 48.7 Å². The predicted octanol–water partition coefficient (Wildman–Crippen LogP) is 7.84. The largest absolute Gasteiger partial charge is 0.419 e. The summed E-state index contributed by atoms with van der Waals surface area (Å²) in [7, 11) is 0. The van der Waals surface area contributed by atoms with Crippen molar-refractivity contribution >= 4 is 22.8 Å². The zero-order chi connectivity index (χ0) is 32.2. The molecule has 4 aromatic rings. The summed E-state index contributed by atoms with van der Waals surface area (Å²) in [4.78, 5) is 14.5. The third kappa shape index (κ3) is 6.14. The Morgan fingerprint density at radius 1 is 0.909 bits per heavy atom. The minimum absolute atomic E-state index is 0.0121. The molecule has 0 amide bonds. The second kappa shape index (κ2) is 11.2. The van der Waals surface area contributed by atoms with Gasteiger partial charge in [0.15, 0.2) is 0 Å². The van der Waals surface area contributed by atoms with E-state index in [0.717, 1.165) is 42.5 Å². The van der Waals surface area contributed by atoms with E-state index < -0.39 is 47.4 Å². The molecular weight excluding hydrogens is 605 g/mol. The summed E-state index contributed by atoms with van der Waals surface area (Å²) in [6.45, 7) is 3.58. The minimum Gasteiger partial charge on any atom is -0.388 e. The van der Waals surface area contributed by atoms with Crippen LogP contribution in [0.5, 0.6) is 0 Å². The molecule has 6 nitrogen and oxygen atoms in total. The summed E-state index contributed by atoms with van der Waals surface area (Å²) < 4.78 is 122. The first-order chi connectivity index (χ1) is 20.5. The molecule has 44 heavy (non-hydrogen) atoms. The number of hydrogen-bond acceptors (Lipinski definition) is 5. The zero-order valence-corrected chi connectivity index (χ0v) is 23.2. The zero-order valence-electron chi connectivity index (χ0n) is 23.2. The lowest BCUT2D eigenvalue weighted by Crippen LogP contribution is -2.53. The molecule has 0 radical (unpaired) electrons. The van der Waals surface area contributed by atoms with Crippen molar-refractivity contribution in [1.82, 2.24) is 15.0 Å². The Morgan fingerprint density at radius 2 is 1.57 bits per heavy atom. The fourth-order valence-electron chi connectivity index (χ4n) is 5.28. The van der Waals surface area contributed by atoms with Crippen LogP contribution < -0.4 is 9.80 Å². The standard InChI is InChI=1S/C29H26F9N5O/c1-3-23(44)17-10-21(29(36,37)38)25(39-13-17)42-8-9-43(15(2)14-42)26-40-22-12-19(28(33,34)35)11-20(24(22)41-26)16-4-6-18(7-5-16)27(30,31)32/h4-7,10-13,15,23,44H,3,8-9,14H2,1-2H3,(H,40,41)/t15-,23+/m1/s1. The van der Waals surface area contributed by atoms with Crippen LogP contribution in [0.25, 0.3) is 22.2 Å². The summed E-state index contributed by atoms with van der Waals surface area (Å²) in [6, 6.07) is 5.77. The van der Waals surface area contributed by atoms with Gasteiger partial charge in [-0.3, -0.25) is 0 Å². The van der Waals surface area contributed by atoms with Crippen LogP contribution in [0, 0.1) is 0 Å². The number of imidazole rings is 1. The Hall–Kier alpha value is -4.01. The monoisotopic (exact) mass is 631 g/mol. The Kier molecular flexibility index (Phi) is 7.97. The van der Waals surface area contributed by atoms with Gasteiger partial charge in [-0.2, -0.15) is 39.5 Å². The molecule has 0 unspecified atom stereocenters. The van der Waals surface area contributed by atoms with E-state index in [1.165, 1.54) is 11.1 Å². The van der Waals surface area contributed by atoms with E-state index >= 15 is 0 Å². The average molecular weight is 632 g/mol. The number of piperazine rings is 1. The van der Waals surface area contributed by atoms with E-state index in [-0.39, 0.29) is 65.5 Å². The first-order valence-corrected chi connectivity index (χ1v) is 13.5. The number of benzene rings is 2. The SMILES string of the molecule is CC[C@H](O)c1cnc(N2CCN(c3nc4cc(C(F)(F)F)cc(-c5ccc(C(F)(F)F)cc5)c4[nH]3)[C@H](C)C2)c(C(F)(F)F)c1. The van der Waals surface area contributed by atoms with Crippen LogP contribution in [0.2, 0.25) is 0 Å². The van der Waals surface area contributed by atoms with E-state index in [9.17, 15) is 44.6 Å². The number of alkyl halides is 9. The quantitative estimate of drug-likeness (QED) is 0.220. The molecule has 236 valence electrons. The first-order valence-electron chi connectivity index (χ1n) is 13.5. The first kappa shape index (κ1) is 31.4. The van der Waals surface area contributed by atoms with Crippen molar-refractivity contribution in [3.05, 3.63) is 70.9 Å². The Labute approximate surface area is 245 Å². The summed E-state index contributed by atoms with van der Waals surface area (Å²) in [5.74, 6) is -0.148. The molecule has 3 heterocycles. The molecule has 0 saturated carbocycles. The third-order valence-corrected chi connectivity index (χ3v) is 7.60. The van der Waals surface area contributed by atoms with Crippen molar-refractivity contribution in [2.75, 3.05) is 29.4 Å². The van der Waals surface area contributed by atoms with E-state index in [0.29, 0.717) is 0 Å². The highest BCUT2D eigenvalue weighted by Gasteiger charge is 2.39. The van der Waals surface area contributed by atoms with E-state index in [4.69, 9.17) is 0 Å². The Morgan fingerprint density at radius 3 is 2.14 bits per heavy atom. The number of H-pyrrole nitrogens is 1. The number of nitrogens with zero attached hydrogens (tertiary/aromatic N) is 4. The van der Waals surface area contributed by atoms with Crippen molar-refractivity contribution in [2.45, 2.75) is 50.9 Å². The molecule has 1 saturated heterocycles. The van der Waals surface area contributed by atoms with Crippen LogP contribution in [0.4, 0.5) is 51.3 Å². The van der Waals surface area contributed by atoms with Crippen LogP contribution >= 0.6 is 0 Å². The highest BCUT2D eigenvalue weighted by atomic mass is 19.4. The van der Waals surface area contributed by atoms with Crippen molar-refractivity contribution in [2.24, 2.45) is 0 Å². The molecule has 0 aliphatic carbocycles. The number of hydrogen-bond donors (Lipinski definition) is 2. The maximum atomic E-state index is 14.0. The van der Waals surface area contributed by atoms with Crippen LogP contribution in [-0.2, 0) is 18.5 Å². The van der Waals surface area contributed by atoms with E-state index in [2.05, 4.69) is 15.0 Å². The highest BCUT2D eigenvalue weighted by molar-refractivity contribution is 5.94. The van der Waals surface area contributed by atoms with E-state index in [1.54, 1.807) is 18.7 Å². The Balaban J connectivity index is 1.48. The van der Waals surface area contributed by atoms with Gasteiger partial charge in [-0.15, -0.1) is 0 Å². The highest BCUT2D eigenvalue weighted by Crippen LogP contribution is 2.40. The fourth-order valence-corrected chi connectivity index (χ4v) is 5.28. The molecule has 2 aromatic carbocycles. The maximum Gasteiger partial charge on any atom is 0.419 e. The van der Waals surface area contributed by atoms with Crippen molar-refractivity contribution in [3.8, 4) is 11.1 Å². The second-order valence-corrected chi connectivity index (χ2v) is 10.6. The summed E-state index contributed by atoms with van der Waals surface area (Å²) in [5, 5.41) is 10.0. The number of aliphatic hydroxyl groups excluding tert-OH is 1. The maximum absolute atomic E-state index is 14.0. The number of fused-ring (bicyclic) bond motifs is 1. The van der Waals surface area contributed by atoms with Gasteiger partial charge >= 0.3 is 18.5 Å². The van der Waals surface area contributed by atoms with Crippen molar-refractivity contribution in [3.63, 3.8) is 0 Å². The number of rotatable bonds is 5. The fraction of sp³-hybridized carbons (Fsp3) is 0.379. The van der Waals surface area contributed by atoms with Gasteiger partial charge in [0.05, 0.1) is 33.8 Å². The normalized spacial score (nSPS) is 17.4. The van der Waals surface area contributed by atoms with Gasteiger partial charge in [-0.05, 0) is 54.8 Å². The van der Waals surface area contributed by atoms with E-state index in [1.807, 2.05) is 0 Å². The lowest BCUT2D eigenvalue weighted by molar-refractivity contribution is -0.138. The lowest BCUT2D eigenvalue weighted by atomic mass is 9.99. The topological polar surface area (TPSA) is 68.3 Å². The summed E-state index contributed by atoms with van der Waals surface area (Å²) in [5.41, 5.74) is -2.78. The predicted molar refractivity (Wildman–Crippen MR) is 145 cm³/mol. The number of pyridine rings is 1. The van der Waals surface area contributed by atoms with Gasteiger partial charge in [-0.25, -0.2) is 9.97 Å². The second-order valence-electron chi connectivity index (χ2n) is 10.6. The Bertz CT molecular complexity index is 1640. The van der Waals surface area contributed by atoms with Gasteiger partial charge in [0.25, 0.3) is 0 Å². The number of anilines is 2. The van der Waals surface area contributed by atoms with Crippen LogP contribution in [-0.4, -0.2) is 45.7 Å². The number of nitrogens with one attached hydrogen (secondary N) is 1. The molecule has 1 fully saturated rings. The molecule has 5 rings (SSSR count). The molecule has 2 aromatic heterocycles. The van der Waals surface area contributed by atoms with Gasteiger partial charge in [0, 0.05) is 37.4 Å². The summed E-state index contributed by atoms with van der Waals surface area (Å²) in [6.07, 6.45) is -13.8. The van der Waals surface area contributed by atoms with Gasteiger partial charge in [0.2, 0.25) is 5.95 Å². The van der Waals surface area contributed by atoms with Crippen LogP contribution in [0.1, 0.15) is 48.6 Å². The van der Waals surface area contributed by atoms with Gasteiger partial charge < -0.3 is 19.9 Å². The molecule has 1 aliphatic heterocycles. The van der Waals surface area contributed by atoms with Crippen molar-refractivity contribution < 1.29 is 44.6 Å². The number of aromatic amines is 1. The number of aromatic nitrogens is 3. The lowest BCUT2D eigenvalue weighted by Gasteiger charge is -2.41. The molecule has 0 bridgehead atoms. The molecule has 0 spiro atoms.